The normalized spacial score (nSPS) is 10.6. The first kappa shape index (κ1) is 21.0. The number of methoxy groups -OCH3 is 1. The number of hydrogen-bond acceptors (Lipinski definition) is 5. The standard InChI is InChI=1S/C23H24O5/c1-15(2)5-11-20-22(27-4)14-12-19(23(20)26)21(25)13-8-17-6-9-18(10-7-17)28-16(3)24/h5-10,12-14,26H,11H2,1-4H3. The van der Waals surface area contributed by atoms with Gasteiger partial charge in [0.1, 0.15) is 17.2 Å². The van der Waals surface area contributed by atoms with Crippen molar-refractivity contribution in [2.24, 2.45) is 0 Å². The summed E-state index contributed by atoms with van der Waals surface area (Å²) < 4.78 is 10.3. The Morgan fingerprint density at radius 2 is 1.71 bits per heavy atom. The molecule has 5 nitrogen and oxygen atoms in total. The summed E-state index contributed by atoms with van der Waals surface area (Å²) in [5, 5.41) is 10.6. The van der Waals surface area contributed by atoms with E-state index < -0.39 is 5.97 Å². The molecule has 0 heterocycles. The summed E-state index contributed by atoms with van der Waals surface area (Å²) in [6.45, 7) is 5.27. The molecule has 1 N–H and O–H groups in total. The van der Waals surface area contributed by atoms with Crippen LogP contribution in [-0.2, 0) is 11.2 Å². The van der Waals surface area contributed by atoms with Gasteiger partial charge < -0.3 is 14.6 Å². The second-order valence-electron chi connectivity index (χ2n) is 6.49. The molecule has 0 saturated heterocycles. The van der Waals surface area contributed by atoms with Crippen LogP contribution in [0, 0.1) is 0 Å². The molecule has 0 fully saturated rings. The minimum absolute atomic E-state index is 0.0725. The maximum absolute atomic E-state index is 12.6. The number of carbonyl (C=O) groups is 2. The number of allylic oxidation sites excluding steroid dienone is 3. The van der Waals surface area contributed by atoms with E-state index in [0.29, 0.717) is 23.5 Å². The molecule has 146 valence electrons. The summed E-state index contributed by atoms with van der Waals surface area (Å²) in [5.41, 5.74) is 2.66. The van der Waals surface area contributed by atoms with E-state index in [2.05, 4.69) is 0 Å². The highest BCUT2D eigenvalue weighted by Gasteiger charge is 2.16. The summed E-state index contributed by atoms with van der Waals surface area (Å²) in [6, 6.07) is 9.99. The number of ether oxygens (including phenoxy) is 2. The number of rotatable bonds is 7. The molecular weight excluding hydrogens is 356 g/mol. The van der Waals surface area contributed by atoms with Gasteiger partial charge in [0, 0.05) is 12.5 Å². The first-order chi connectivity index (χ1) is 13.3. The number of aromatic hydroxyl groups is 1. The summed E-state index contributed by atoms with van der Waals surface area (Å²) >= 11 is 0. The van der Waals surface area contributed by atoms with Gasteiger partial charge in [-0.05, 0) is 56.2 Å². The molecule has 0 bridgehead atoms. The second-order valence-corrected chi connectivity index (χ2v) is 6.49. The van der Waals surface area contributed by atoms with E-state index >= 15 is 0 Å². The van der Waals surface area contributed by atoms with Crippen LogP contribution in [0.25, 0.3) is 6.08 Å². The van der Waals surface area contributed by atoms with E-state index in [-0.39, 0.29) is 17.1 Å². The highest BCUT2D eigenvalue weighted by atomic mass is 16.5. The fourth-order valence-electron chi connectivity index (χ4n) is 2.59. The van der Waals surface area contributed by atoms with Crippen LogP contribution in [0.15, 0.2) is 54.1 Å². The lowest BCUT2D eigenvalue weighted by Crippen LogP contribution is -2.01. The van der Waals surface area contributed by atoms with E-state index in [4.69, 9.17) is 9.47 Å². The van der Waals surface area contributed by atoms with Crippen LogP contribution in [0.5, 0.6) is 17.2 Å². The van der Waals surface area contributed by atoms with Gasteiger partial charge in [0.2, 0.25) is 0 Å². The fraction of sp³-hybridized carbons (Fsp3) is 0.217. The lowest BCUT2D eigenvalue weighted by molar-refractivity contribution is -0.131. The largest absolute Gasteiger partial charge is 0.507 e. The highest BCUT2D eigenvalue weighted by molar-refractivity contribution is 6.09. The van der Waals surface area contributed by atoms with Gasteiger partial charge in [-0.25, -0.2) is 0 Å². The molecule has 0 unspecified atom stereocenters. The Labute approximate surface area is 164 Å². The molecule has 2 aromatic carbocycles. The molecule has 0 amide bonds. The number of carbonyl (C=O) groups excluding carboxylic acids is 2. The van der Waals surface area contributed by atoms with Crippen molar-refractivity contribution in [1.82, 2.24) is 0 Å². The van der Waals surface area contributed by atoms with Gasteiger partial charge in [-0.2, -0.15) is 0 Å². The van der Waals surface area contributed by atoms with Gasteiger partial charge in [0.05, 0.1) is 12.7 Å². The molecule has 0 saturated carbocycles. The number of benzene rings is 2. The number of phenolic OH excluding ortho intramolecular Hbond substituents is 1. The molecule has 0 atom stereocenters. The topological polar surface area (TPSA) is 72.8 Å². The molecule has 0 aliphatic rings. The van der Waals surface area contributed by atoms with Crippen molar-refractivity contribution >= 4 is 17.8 Å². The minimum atomic E-state index is -0.391. The van der Waals surface area contributed by atoms with Crippen molar-refractivity contribution < 1.29 is 24.2 Å². The smallest absolute Gasteiger partial charge is 0.308 e. The van der Waals surface area contributed by atoms with Crippen molar-refractivity contribution in [1.29, 1.82) is 0 Å². The van der Waals surface area contributed by atoms with E-state index in [1.165, 1.54) is 20.1 Å². The Morgan fingerprint density at radius 3 is 2.29 bits per heavy atom. The zero-order valence-corrected chi connectivity index (χ0v) is 16.5. The summed E-state index contributed by atoms with van der Waals surface area (Å²) in [5.74, 6) is 0.195. The molecule has 0 radical (unpaired) electrons. The zero-order chi connectivity index (χ0) is 20.7. The quantitative estimate of drug-likeness (QED) is 0.247. The third kappa shape index (κ3) is 5.58. The van der Waals surface area contributed by atoms with E-state index in [1.807, 2.05) is 19.9 Å². The summed E-state index contributed by atoms with van der Waals surface area (Å²) in [4.78, 5) is 23.5. The third-order valence-electron chi connectivity index (χ3n) is 4.01. The maximum atomic E-state index is 12.6. The predicted octanol–water partition coefficient (Wildman–Crippen LogP) is 4.73. The molecular formula is C23H24O5. The highest BCUT2D eigenvalue weighted by Crippen LogP contribution is 2.33. The molecule has 28 heavy (non-hydrogen) atoms. The Balaban J connectivity index is 2.23. The fourth-order valence-corrected chi connectivity index (χ4v) is 2.59. The average molecular weight is 380 g/mol. The van der Waals surface area contributed by atoms with Crippen molar-refractivity contribution in [2.75, 3.05) is 7.11 Å². The Morgan fingerprint density at radius 1 is 1.04 bits per heavy atom. The lowest BCUT2D eigenvalue weighted by Gasteiger charge is -2.12. The van der Waals surface area contributed by atoms with Crippen LogP contribution in [0.3, 0.4) is 0 Å². The summed E-state index contributed by atoms with van der Waals surface area (Å²) in [6.07, 6.45) is 5.47. The van der Waals surface area contributed by atoms with Crippen LogP contribution in [0.4, 0.5) is 0 Å². The molecule has 2 aromatic rings. The molecule has 0 aromatic heterocycles. The van der Waals surface area contributed by atoms with Gasteiger partial charge in [-0.15, -0.1) is 0 Å². The van der Waals surface area contributed by atoms with Crippen molar-refractivity contribution in [2.45, 2.75) is 27.2 Å². The van der Waals surface area contributed by atoms with Crippen LogP contribution in [0.1, 0.15) is 42.3 Å². The number of phenols is 1. The Hall–Kier alpha value is -3.34. The first-order valence-electron chi connectivity index (χ1n) is 8.85. The van der Waals surface area contributed by atoms with Crippen molar-refractivity contribution in [3.8, 4) is 17.2 Å². The van der Waals surface area contributed by atoms with E-state index in [9.17, 15) is 14.7 Å². The zero-order valence-electron chi connectivity index (χ0n) is 16.5. The average Bonchev–Trinajstić information content (AvgIpc) is 2.65. The molecule has 0 spiro atoms. The van der Waals surface area contributed by atoms with Gasteiger partial charge >= 0.3 is 5.97 Å². The van der Waals surface area contributed by atoms with Crippen LogP contribution in [-0.4, -0.2) is 24.0 Å². The monoisotopic (exact) mass is 380 g/mol. The van der Waals surface area contributed by atoms with Gasteiger partial charge in [-0.3, -0.25) is 9.59 Å². The maximum Gasteiger partial charge on any atom is 0.308 e. The van der Waals surface area contributed by atoms with Crippen LogP contribution >= 0.6 is 0 Å². The van der Waals surface area contributed by atoms with E-state index in [1.54, 1.807) is 42.5 Å². The Bertz CT molecular complexity index is 917. The molecule has 2 rings (SSSR count). The number of esters is 1. The second kappa shape index (κ2) is 9.55. The SMILES string of the molecule is COc1ccc(C(=O)C=Cc2ccc(OC(C)=O)cc2)c(O)c1CC=C(C)C. The minimum Gasteiger partial charge on any atom is -0.507 e. The number of hydrogen-bond donors (Lipinski definition) is 1. The third-order valence-corrected chi connectivity index (χ3v) is 4.01. The predicted molar refractivity (Wildman–Crippen MR) is 109 cm³/mol. The Kier molecular flexibility index (Phi) is 7.15. The molecule has 5 heteroatoms. The van der Waals surface area contributed by atoms with Gasteiger partial charge in [0.15, 0.2) is 5.78 Å². The first-order valence-corrected chi connectivity index (χ1v) is 8.85. The van der Waals surface area contributed by atoms with Crippen molar-refractivity contribution in [3.63, 3.8) is 0 Å². The van der Waals surface area contributed by atoms with Crippen molar-refractivity contribution in [3.05, 3.63) is 70.8 Å². The molecule has 0 aliphatic heterocycles. The van der Waals surface area contributed by atoms with Gasteiger partial charge in [0.25, 0.3) is 0 Å². The number of ketones is 1. The lowest BCUT2D eigenvalue weighted by atomic mass is 10.0. The molecule has 0 aliphatic carbocycles. The van der Waals surface area contributed by atoms with Crippen LogP contribution < -0.4 is 9.47 Å². The van der Waals surface area contributed by atoms with Crippen LogP contribution in [0.2, 0.25) is 0 Å². The van der Waals surface area contributed by atoms with Gasteiger partial charge in [-0.1, -0.05) is 29.9 Å². The summed E-state index contributed by atoms with van der Waals surface area (Å²) in [7, 11) is 1.53. The van der Waals surface area contributed by atoms with E-state index in [0.717, 1.165) is 11.1 Å².